The quantitative estimate of drug-likeness (QED) is 0.338. The van der Waals surface area contributed by atoms with E-state index in [-0.39, 0.29) is 11.7 Å². The highest BCUT2D eigenvalue weighted by Crippen LogP contribution is 2.54. The molecular weight excluding hydrogens is 447 g/mol. The molecule has 0 atom stereocenters. The molecule has 1 spiro atoms. The predicted octanol–water partition coefficient (Wildman–Crippen LogP) is 4.79. The third-order valence-corrected chi connectivity index (χ3v) is 7.66. The Morgan fingerprint density at radius 2 is 2.03 bits per heavy atom. The zero-order chi connectivity index (χ0) is 24.2. The van der Waals surface area contributed by atoms with Crippen LogP contribution in [-0.4, -0.2) is 58.4 Å². The van der Waals surface area contributed by atoms with E-state index in [1.54, 1.807) is 10.9 Å². The summed E-state index contributed by atoms with van der Waals surface area (Å²) in [4.78, 5) is 1.97. The fourth-order valence-corrected chi connectivity index (χ4v) is 5.93. The van der Waals surface area contributed by atoms with E-state index in [0.717, 1.165) is 59.3 Å². The normalized spacial score (nSPS) is 17.4. The van der Waals surface area contributed by atoms with Crippen LogP contribution in [0.5, 0.6) is 0 Å². The Morgan fingerprint density at radius 1 is 1.29 bits per heavy atom. The maximum Gasteiger partial charge on any atom is 0.131 e. The first kappa shape index (κ1) is 22.9. The van der Waals surface area contributed by atoms with Gasteiger partial charge in [-0.25, -0.2) is 4.39 Å². The van der Waals surface area contributed by atoms with Crippen molar-refractivity contribution in [1.29, 1.82) is 5.41 Å². The van der Waals surface area contributed by atoms with Crippen molar-refractivity contribution in [1.82, 2.24) is 19.0 Å². The lowest BCUT2D eigenvalue weighted by Gasteiger charge is -2.57. The number of aryl methyl sites for hydroxylation is 1. The fraction of sp³-hybridized carbons (Fsp3) is 0.385. The molecule has 178 valence electrons. The van der Waals surface area contributed by atoms with Crippen LogP contribution in [0.25, 0.3) is 22.0 Å². The SMILES string of the molecule is C=C(CNc1cccc(-c2cc3c(cnn3C)cc2F)c1C(=N)C1CC2(C1)CN(S)C2)N(C)C. The Labute approximate surface area is 205 Å². The summed E-state index contributed by atoms with van der Waals surface area (Å²) in [5.41, 5.74) is 5.48. The van der Waals surface area contributed by atoms with Crippen molar-refractivity contribution in [3.05, 3.63) is 60.2 Å². The topological polar surface area (TPSA) is 60.2 Å². The van der Waals surface area contributed by atoms with E-state index in [1.165, 1.54) is 6.07 Å². The van der Waals surface area contributed by atoms with Gasteiger partial charge in [0.1, 0.15) is 5.82 Å². The summed E-state index contributed by atoms with van der Waals surface area (Å²) in [6.45, 7) is 6.60. The molecule has 6 nitrogen and oxygen atoms in total. The number of aromatic nitrogens is 2. The Kier molecular flexibility index (Phi) is 5.68. The minimum atomic E-state index is -0.306. The monoisotopic (exact) mass is 478 g/mol. The molecule has 2 heterocycles. The first-order chi connectivity index (χ1) is 16.2. The summed E-state index contributed by atoms with van der Waals surface area (Å²) in [5.74, 6) is -0.150. The molecule has 2 aliphatic rings. The summed E-state index contributed by atoms with van der Waals surface area (Å²) in [7, 11) is 5.77. The molecular formula is C26H31FN6S. The molecule has 0 amide bonds. The van der Waals surface area contributed by atoms with E-state index in [2.05, 4.69) is 29.8 Å². The smallest absolute Gasteiger partial charge is 0.131 e. The number of hydrogen-bond acceptors (Lipinski definition) is 6. The summed E-state index contributed by atoms with van der Waals surface area (Å²) in [5, 5.41) is 17.7. The molecule has 8 heteroatoms. The highest BCUT2D eigenvalue weighted by Gasteiger charge is 2.53. The van der Waals surface area contributed by atoms with E-state index >= 15 is 4.39 Å². The highest BCUT2D eigenvalue weighted by atomic mass is 32.1. The number of anilines is 1. The van der Waals surface area contributed by atoms with E-state index in [0.29, 0.717) is 23.2 Å². The first-order valence-corrected chi connectivity index (χ1v) is 11.9. The zero-order valence-corrected chi connectivity index (χ0v) is 20.8. The summed E-state index contributed by atoms with van der Waals surface area (Å²) >= 11 is 4.43. The lowest BCUT2D eigenvalue weighted by atomic mass is 9.56. The number of fused-ring (bicyclic) bond motifs is 1. The van der Waals surface area contributed by atoms with Crippen molar-refractivity contribution in [2.24, 2.45) is 18.4 Å². The minimum Gasteiger partial charge on any atom is -0.380 e. The molecule has 3 aromatic rings. The molecule has 2 fully saturated rings. The summed E-state index contributed by atoms with van der Waals surface area (Å²) in [6, 6.07) is 9.20. The molecule has 1 aliphatic carbocycles. The molecule has 1 saturated carbocycles. The van der Waals surface area contributed by atoms with Crippen LogP contribution < -0.4 is 5.32 Å². The van der Waals surface area contributed by atoms with Gasteiger partial charge < -0.3 is 15.6 Å². The molecule has 5 rings (SSSR count). The third kappa shape index (κ3) is 3.88. The Hall–Kier alpha value is -2.84. The van der Waals surface area contributed by atoms with Crippen molar-refractivity contribution in [3.8, 4) is 11.1 Å². The van der Waals surface area contributed by atoms with Crippen molar-refractivity contribution in [2.75, 3.05) is 39.0 Å². The first-order valence-electron chi connectivity index (χ1n) is 11.5. The second-order valence-corrected chi connectivity index (χ2v) is 10.6. The van der Waals surface area contributed by atoms with E-state index in [1.807, 2.05) is 54.6 Å². The van der Waals surface area contributed by atoms with Gasteiger partial charge in [0, 0.05) is 73.8 Å². The van der Waals surface area contributed by atoms with Crippen LogP contribution in [0.1, 0.15) is 18.4 Å². The summed E-state index contributed by atoms with van der Waals surface area (Å²) < 4.78 is 19.2. The molecule has 0 unspecified atom stereocenters. The van der Waals surface area contributed by atoms with Crippen LogP contribution in [0.2, 0.25) is 0 Å². The van der Waals surface area contributed by atoms with Gasteiger partial charge in [0.05, 0.1) is 18.3 Å². The van der Waals surface area contributed by atoms with Gasteiger partial charge in [0.15, 0.2) is 0 Å². The maximum atomic E-state index is 15.4. The predicted molar refractivity (Wildman–Crippen MR) is 140 cm³/mol. The van der Waals surface area contributed by atoms with E-state index in [9.17, 15) is 5.41 Å². The van der Waals surface area contributed by atoms with E-state index in [4.69, 9.17) is 0 Å². The van der Waals surface area contributed by atoms with Crippen LogP contribution >= 0.6 is 12.8 Å². The van der Waals surface area contributed by atoms with Gasteiger partial charge in [-0.1, -0.05) is 31.5 Å². The third-order valence-electron chi connectivity index (χ3n) is 7.38. The van der Waals surface area contributed by atoms with Crippen molar-refractivity contribution >= 4 is 35.1 Å². The van der Waals surface area contributed by atoms with Gasteiger partial charge in [-0.2, -0.15) is 5.10 Å². The Balaban J connectivity index is 1.55. The summed E-state index contributed by atoms with van der Waals surface area (Å²) in [6.07, 6.45) is 3.63. The number of nitrogens with zero attached hydrogens (tertiary/aromatic N) is 4. The largest absolute Gasteiger partial charge is 0.380 e. The highest BCUT2D eigenvalue weighted by molar-refractivity contribution is 7.77. The molecule has 2 N–H and O–H groups in total. The molecule has 34 heavy (non-hydrogen) atoms. The maximum absolute atomic E-state index is 15.4. The van der Waals surface area contributed by atoms with Crippen molar-refractivity contribution in [2.45, 2.75) is 12.8 Å². The second-order valence-electron chi connectivity index (χ2n) is 10.0. The van der Waals surface area contributed by atoms with Crippen molar-refractivity contribution in [3.63, 3.8) is 0 Å². The number of rotatable bonds is 7. The van der Waals surface area contributed by atoms with Gasteiger partial charge in [-0.3, -0.25) is 8.99 Å². The fourth-order valence-electron chi connectivity index (χ4n) is 5.33. The van der Waals surface area contributed by atoms with Gasteiger partial charge in [-0.05, 0) is 42.0 Å². The Bertz CT molecular complexity index is 1280. The standard InChI is InChI=1S/C26H31FN6S/c1-16(31(2)3)12-29-22-7-5-6-19(20-9-23-17(8-21(20)27)13-30-32(23)4)24(22)25(28)18-10-26(11-18)14-33(34)15-26/h5-9,13,18,28-29,34H,1,10-12,14-15H2,2-4H3. The number of likely N-dealkylation sites (N-methyl/N-ethyl adjacent to an activating group) is 1. The second kappa shape index (κ2) is 8.43. The van der Waals surface area contributed by atoms with E-state index < -0.39 is 0 Å². The number of benzene rings is 2. The molecule has 2 aromatic carbocycles. The van der Waals surface area contributed by atoms with Crippen LogP contribution in [-0.2, 0) is 7.05 Å². The van der Waals surface area contributed by atoms with Crippen LogP contribution in [0.3, 0.4) is 0 Å². The van der Waals surface area contributed by atoms with Crippen molar-refractivity contribution < 1.29 is 4.39 Å². The average molecular weight is 479 g/mol. The Morgan fingerprint density at radius 3 is 2.71 bits per heavy atom. The lowest BCUT2D eigenvalue weighted by Crippen LogP contribution is -2.60. The number of hydrogen-bond donors (Lipinski definition) is 3. The number of thiol groups is 1. The molecule has 1 aliphatic heterocycles. The average Bonchev–Trinajstić information content (AvgIpc) is 3.11. The number of halogens is 1. The van der Waals surface area contributed by atoms with Gasteiger partial charge in [0.25, 0.3) is 0 Å². The minimum absolute atomic E-state index is 0.157. The molecule has 1 aromatic heterocycles. The molecule has 0 radical (unpaired) electrons. The molecule has 1 saturated heterocycles. The van der Waals surface area contributed by atoms with Gasteiger partial charge >= 0.3 is 0 Å². The van der Waals surface area contributed by atoms with Gasteiger partial charge in [0.2, 0.25) is 0 Å². The lowest BCUT2D eigenvalue weighted by molar-refractivity contribution is -0.0232. The van der Waals surface area contributed by atoms with Crippen LogP contribution in [0, 0.1) is 22.6 Å². The van der Waals surface area contributed by atoms with Crippen LogP contribution in [0.4, 0.5) is 10.1 Å². The van der Waals surface area contributed by atoms with Crippen LogP contribution in [0.15, 0.2) is 48.8 Å². The zero-order valence-electron chi connectivity index (χ0n) is 19.9. The number of nitrogens with one attached hydrogen (secondary N) is 2. The van der Waals surface area contributed by atoms with Gasteiger partial charge in [-0.15, -0.1) is 0 Å². The molecule has 0 bridgehead atoms.